The lowest BCUT2D eigenvalue weighted by molar-refractivity contribution is 0.0696. The van der Waals surface area contributed by atoms with Crippen molar-refractivity contribution in [3.05, 3.63) is 29.6 Å². The molecule has 0 radical (unpaired) electrons. The van der Waals surface area contributed by atoms with Gasteiger partial charge in [0.05, 0.1) is 12.2 Å². The minimum absolute atomic E-state index is 0.0783. The zero-order valence-electron chi connectivity index (χ0n) is 12.0. The fourth-order valence-electron chi connectivity index (χ4n) is 1.65. The van der Waals surface area contributed by atoms with Gasteiger partial charge in [0, 0.05) is 13.2 Å². The Morgan fingerprint density at radius 1 is 1.43 bits per heavy atom. The summed E-state index contributed by atoms with van der Waals surface area (Å²) in [4.78, 5) is 10.2. The Balaban J connectivity index is 3.18. The van der Waals surface area contributed by atoms with Crippen LogP contribution >= 0.6 is 0 Å². The van der Waals surface area contributed by atoms with Gasteiger partial charge in [-0.05, 0) is 24.1 Å². The monoisotopic (exact) mass is 319 g/mol. The van der Waals surface area contributed by atoms with Crippen LogP contribution in [0.4, 0.5) is 4.39 Å². The molecule has 0 aromatic heterocycles. The number of rotatable bonds is 7. The second kappa shape index (κ2) is 6.97. The average Bonchev–Trinajstić information content (AvgIpc) is 2.37. The molecule has 6 nitrogen and oxygen atoms in total. The SMILES string of the molecule is COCC(NS(=O)(=O)c1cc(C(=O)O)ccc1F)C(C)C. The van der Waals surface area contributed by atoms with Crippen molar-refractivity contribution >= 4 is 16.0 Å². The number of carbonyl (C=O) groups is 1. The molecule has 1 unspecified atom stereocenters. The lowest BCUT2D eigenvalue weighted by Crippen LogP contribution is -2.41. The van der Waals surface area contributed by atoms with Gasteiger partial charge in [-0.1, -0.05) is 13.8 Å². The second-order valence-corrected chi connectivity index (χ2v) is 6.56. The molecule has 0 fully saturated rings. The smallest absolute Gasteiger partial charge is 0.335 e. The van der Waals surface area contributed by atoms with Gasteiger partial charge in [-0.25, -0.2) is 22.3 Å². The van der Waals surface area contributed by atoms with E-state index in [0.717, 1.165) is 18.2 Å². The summed E-state index contributed by atoms with van der Waals surface area (Å²) in [5.74, 6) is -2.42. The number of benzene rings is 1. The molecular weight excluding hydrogens is 301 g/mol. The number of carboxylic acid groups (broad SMARTS) is 1. The van der Waals surface area contributed by atoms with Crippen LogP contribution < -0.4 is 4.72 Å². The average molecular weight is 319 g/mol. The molecule has 1 rings (SSSR count). The number of nitrogens with one attached hydrogen (secondary N) is 1. The van der Waals surface area contributed by atoms with Crippen LogP contribution in [-0.2, 0) is 14.8 Å². The van der Waals surface area contributed by atoms with Gasteiger partial charge < -0.3 is 9.84 Å². The number of aromatic carboxylic acids is 1. The molecule has 8 heteroatoms. The van der Waals surface area contributed by atoms with E-state index >= 15 is 0 Å². The van der Waals surface area contributed by atoms with Crippen molar-refractivity contribution in [1.82, 2.24) is 4.72 Å². The van der Waals surface area contributed by atoms with Crippen LogP contribution in [0.25, 0.3) is 0 Å². The molecule has 1 atom stereocenters. The van der Waals surface area contributed by atoms with Crippen molar-refractivity contribution in [3.63, 3.8) is 0 Å². The molecule has 0 aliphatic heterocycles. The maximum Gasteiger partial charge on any atom is 0.335 e. The fourth-order valence-corrected chi connectivity index (χ4v) is 3.12. The molecule has 0 saturated heterocycles. The van der Waals surface area contributed by atoms with Gasteiger partial charge in [-0.2, -0.15) is 0 Å². The number of ether oxygens (including phenoxy) is 1. The first-order chi connectivity index (χ1) is 9.69. The van der Waals surface area contributed by atoms with Crippen molar-refractivity contribution in [2.24, 2.45) is 5.92 Å². The Kier molecular flexibility index (Phi) is 5.82. The summed E-state index contributed by atoms with van der Waals surface area (Å²) in [7, 11) is -2.76. The Bertz CT molecular complexity index is 615. The summed E-state index contributed by atoms with van der Waals surface area (Å²) in [6.45, 7) is 3.70. The molecule has 1 aromatic carbocycles. The Morgan fingerprint density at radius 3 is 2.52 bits per heavy atom. The van der Waals surface area contributed by atoms with Gasteiger partial charge in [-0.3, -0.25) is 0 Å². The van der Waals surface area contributed by atoms with Crippen LogP contribution in [0, 0.1) is 11.7 Å². The standard InChI is InChI=1S/C13H18FNO5S/c1-8(2)11(7-20-3)15-21(18,19)12-6-9(13(16)17)4-5-10(12)14/h4-6,8,11,15H,7H2,1-3H3,(H,16,17). The Hall–Kier alpha value is -1.51. The first-order valence-corrected chi connectivity index (χ1v) is 7.71. The second-order valence-electron chi connectivity index (χ2n) is 4.88. The summed E-state index contributed by atoms with van der Waals surface area (Å²) >= 11 is 0. The normalized spacial score (nSPS) is 13.4. The third-order valence-electron chi connectivity index (χ3n) is 2.93. The fraction of sp³-hybridized carbons (Fsp3) is 0.462. The number of hydrogen-bond acceptors (Lipinski definition) is 4. The van der Waals surface area contributed by atoms with E-state index in [-0.39, 0.29) is 18.1 Å². The third-order valence-corrected chi connectivity index (χ3v) is 4.43. The van der Waals surface area contributed by atoms with Crippen molar-refractivity contribution in [3.8, 4) is 0 Å². The molecule has 0 saturated carbocycles. The highest BCUT2D eigenvalue weighted by Gasteiger charge is 2.26. The minimum atomic E-state index is -4.18. The molecule has 1 aromatic rings. The topological polar surface area (TPSA) is 92.7 Å². The molecule has 0 spiro atoms. The van der Waals surface area contributed by atoms with E-state index < -0.39 is 32.7 Å². The van der Waals surface area contributed by atoms with Crippen molar-refractivity contribution in [2.45, 2.75) is 24.8 Å². The highest BCUT2D eigenvalue weighted by atomic mass is 32.2. The van der Waals surface area contributed by atoms with E-state index in [1.807, 2.05) is 0 Å². The van der Waals surface area contributed by atoms with Gasteiger partial charge in [0.15, 0.2) is 0 Å². The summed E-state index contributed by atoms with van der Waals surface area (Å²) in [6, 6.07) is 2.07. The van der Waals surface area contributed by atoms with Crippen LogP contribution in [0.5, 0.6) is 0 Å². The first-order valence-electron chi connectivity index (χ1n) is 6.23. The highest BCUT2D eigenvalue weighted by Crippen LogP contribution is 2.18. The molecule has 21 heavy (non-hydrogen) atoms. The molecule has 0 aliphatic carbocycles. The third kappa shape index (κ3) is 4.48. The van der Waals surface area contributed by atoms with Gasteiger partial charge in [0.1, 0.15) is 10.7 Å². The van der Waals surface area contributed by atoms with Crippen LogP contribution in [0.15, 0.2) is 23.1 Å². The zero-order valence-corrected chi connectivity index (χ0v) is 12.8. The predicted octanol–water partition coefficient (Wildman–Crippen LogP) is 1.47. The van der Waals surface area contributed by atoms with Gasteiger partial charge >= 0.3 is 5.97 Å². The molecule has 0 aliphatic rings. The summed E-state index contributed by atoms with van der Waals surface area (Å²) in [6.07, 6.45) is 0. The quantitative estimate of drug-likeness (QED) is 0.794. The van der Waals surface area contributed by atoms with E-state index in [2.05, 4.69) is 4.72 Å². The number of carboxylic acids is 1. The van der Waals surface area contributed by atoms with E-state index in [9.17, 15) is 17.6 Å². The first kappa shape index (κ1) is 17.5. The minimum Gasteiger partial charge on any atom is -0.478 e. The van der Waals surface area contributed by atoms with E-state index in [4.69, 9.17) is 9.84 Å². The molecule has 0 heterocycles. The maximum atomic E-state index is 13.7. The molecule has 2 N–H and O–H groups in total. The van der Waals surface area contributed by atoms with E-state index in [1.165, 1.54) is 7.11 Å². The van der Waals surface area contributed by atoms with Crippen LogP contribution in [0.2, 0.25) is 0 Å². The molecule has 118 valence electrons. The Morgan fingerprint density at radius 2 is 2.05 bits per heavy atom. The maximum absolute atomic E-state index is 13.7. The lowest BCUT2D eigenvalue weighted by atomic mass is 10.1. The van der Waals surface area contributed by atoms with Crippen LogP contribution in [0.3, 0.4) is 0 Å². The number of hydrogen-bond donors (Lipinski definition) is 2. The number of methoxy groups -OCH3 is 1. The predicted molar refractivity (Wildman–Crippen MR) is 74.2 cm³/mol. The molecule has 0 amide bonds. The summed E-state index contributed by atoms with van der Waals surface area (Å²) in [5.41, 5.74) is -0.301. The van der Waals surface area contributed by atoms with Gasteiger partial charge in [-0.15, -0.1) is 0 Å². The molecular formula is C13H18FNO5S. The van der Waals surface area contributed by atoms with Gasteiger partial charge in [0.25, 0.3) is 0 Å². The van der Waals surface area contributed by atoms with Crippen LogP contribution in [-0.4, -0.2) is 39.3 Å². The van der Waals surface area contributed by atoms with Crippen molar-refractivity contribution in [1.29, 1.82) is 0 Å². The molecule has 0 bridgehead atoms. The highest BCUT2D eigenvalue weighted by molar-refractivity contribution is 7.89. The van der Waals surface area contributed by atoms with Crippen molar-refractivity contribution < 1.29 is 27.4 Å². The number of sulfonamides is 1. The van der Waals surface area contributed by atoms with E-state index in [1.54, 1.807) is 13.8 Å². The largest absolute Gasteiger partial charge is 0.478 e. The van der Waals surface area contributed by atoms with E-state index in [0.29, 0.717) is 0 Å². The lowest BCUT2D eigenvalue weighted by Gasteiger charge is -2.21. The van der Waals surface area contributed by atoms with Crippen molar-refractivity contribution in [2.75, 3.05) is 13.7 Å². The van der Waals surface area contributed by atoms with Gasteiger partial charge in [0.2, 0.25) is 10.0 Å². The zero-order chi connectivity index (χ0) is 16.2. The van der Waals surface area contributed by atoms with Crippen LogP contribution in [0.1, 0.15) is 24.2 Å². The Labute approximate surface area is 123 Å². The summed E-state index contributed by atoms with van der Waals surface area (Å²) in [5, 5.41) is 8.86. The summed E-state index contributed by atoms with van der Waals surface area (Å²) < 4.78 is 45.4. The number of halogens is 1.